The van der Waals surface area contributed by atoms with Gasteiger partial charge in [-0.3, -0.25) is 0 Å². The highest BCUT2D eigenvalue weighted by atomic mass is 127. The second-order valence-electron chi connectivity index (χ2n) is 6.36. The summed E-state index contributed by atoms with van der Waals surface area (Å²) < 4.78 is 0. The van der Waals surface area contributed by atoms with Crippen molar-refractivity contribution < 1.29 is 24.0 Å². The van der Waals surface area contributed by atoms with Gasteiger partial charge in [-0.15, -0.1) is 0 Å². The molecule has 0 spiro atoms. The first-order chi connectivity index (χ1) is 9.24. The maximum Gasteiger partial charge on any atom is 0.0594 e. The molecule has 0 aliphatic rings. The fraction of sp³-hybridized carbons (Fsp3) is 1.00. The van der Waals surface area contributed by atoms with Crippen molar-refractivity contribution in [1.29, 1.82) is 0 Å². The normalized spacial score (nSPS) is 11.4. The summed E-state index contributed by atoms with van der Waals surface area (Å²) in [5.74, 6) is 0. The quantitative estimate of drug-likeness (QED) is 0.229. The third-order valence-corrected chi connectivity index (χ3v) is 9.50. The first-order valence-corrected chi connectivity index (χ1v) is 11.6. The molecule has 0 aliphatic heterocycles. The minimum absolute atomic E-state index is 0. The Bertz CT molecular complexity index is 160. The Morgan fingerprint density at radius 3 is 1.15 bits per heavy atom. The molecule has 2 heteroatoms. The molecule has 0 radical (unpaired) electrons. The van der Waals surface area contributed by atoms with Gasteiger partial charge in [0.05, 0.1) is 24.6 Å². The van der Waals surface area contributed by atoms with Crippen molar-refractivity contribution in [3.8, 4) is 0 Å². The van der Waals surface area contributed by atoms with E-state index in [1.165, 1.54) is 64.2 Å². The van der Waals surface area contributed by atoms with Crippen LogP contribution in [0, 0.1) is 0 Å². The van der Waals surface area contributed by atoms with Gasteiger partial charge in [0.25, 0.3) is 0 Å². The van der Waals surface area contributed by atoms with E-state index in [2.05, 4.69) is 27.7 Å². The fourth-order valence-electron chi connectivity index (χ4n) is 3.03. The second kappa shape index (κ2) is 16.5. The molecule has 0 heterocycles. The summed E-state index contributed by atoms with van der Waals surface area (Å²) >= 11 is 0. The summed E-state index contributed by atoms with van der Waals surface area (Å²) in [6, 6.07) is 0. The van der Waals surface area contributed by atoms with Crippen LogP contribution in [-0.2, 0) is 0 Å². The summed E-state index contributed by atoms with van der Waals surface area (Å²) in [4.78, 5) is 0. The fourth-order valence-corrected chi connectivity index (χ4v) is 8.22. The van der Waals surface area contributed by atoms with Crippen LogP contribution in [0.15, 0.2) is 0 Å². The maximum atomic E-state index is 2.37. The molecule has 0 bridgehead atoms. The molecule has 0 amide bonds. The highest BCUT2D eigenvalue weighted by molar-refractivity contribution is 7.75. The molecular weight excluding hydrogens is 374 g/mol. The molecule has 0 saturated carbocycles. The van der Waals surface area contributed by atoms with E-state index < -0.39 is 7.26 Å². The van der Waals surface area contributed by atoms with Crippen LogP contribution in [-0.4, -0.2) is 24.6 Å². The van der Waals surface area contributed by atoms with Gasteiger partial charge in [-0.05, 0) is 32.1 Å². The predicted octanol–water partition coefficient (Wildman–Crippen LogP) is 3.99. The Morgan fingerprint density at radius 2 is 0.800 bits per heavy atom. The van der Waals surface area contributed by atoms with Gasteiger partial charge < -0.3 is 24.0 Å². The number of rotatable bonds is 14. The maximum absolute atomic E-state index is 2.37. The Hall–Kier alpha value is 1.16. The average Bonchev–Trinajstić information content (AvgIpc) is 2.44. The van der Waals surface area contributed by atoms with Crippen molar-refractivity contribution >= 4 is 7.26 Å². The lowest BCUT2D eigenvalue weighted by Gasteiger charge is -2.28. The molecule has 124 valence electrons. The van der Waals surface area contributed by atoms with E-state index in [4.69, 9.17) is 0 Å². The monoisotopic (exact) mass is 414 g/mol. The number of hydrogen-bond acceptors (Lipinski definition) is 0. The third kappa shape index (κ3) is 11.8. The smallest absolute Gasteiger partial charge is 0.0594 e. The summed E-state index contributed by atoms with van der Waals surface area (Å²) in [6.45, 7) is 9.43. The molecule has 0 rings (SSSR count). The van der Waals surface area contributed by atoms with Gasteiger partial charge in [0.15, 0.2) is 0 Å². The predicted molar refractivity (Wildman–Crippen MR) is 95.3 cm³/mol. The first-order valence-electron chi connectivity index (χ1n) is 9.09. The topological polar surface area (TPSA) is 0 Å². The van der Waals surface area contributed by atoms with Gasteiger partial charge in [0.1, 0.15) is 0 Å². The Morgan fingerprint density at radius 1 is 0.450 bits per heavy atom. The van der Waals surface area contributed by atoms with Crippen LogP contribution < -0.4 is 24.0 Å². The van der Waals surface area contributed by atoms with Gasteiger partial charge in [-0.25, -0.2) is 0 Å². The van der Waals surface area contributed by atoms with Crippen LogP contribution in [0.25, 0.3) is 0 Å². The standard InChI is InChI=1S/C18H40P.HI/c1-5-9-13-14-18-19(15-10-6-2,16-11-7-3)17-12-8-4;/h5-18H2,1-4H3;1H/q+1;/p-1. The Kier molecular flexibility index (Phi) is 19.4. The molecular formula is C18H40IP. The van der Waals surface area contributed by atoms with Gasteiger partial charge in [0.2, 0.25) is 0 Å². The highest BCUT2D eigenvalue weighted by Crippen LogP contribution is 2.61. The number of unbranched alkanes of at least 4 members (excludes halogenated alkanes) is 6. The molecule has 0 aromatic heterocycles. The van der Waals surface area contributed by atoms with Crippen molar-refractivity contribution in [3.63, 3.8) is 0 Å². The lowest BCUT2D eigenvalue weighted by molar-refractivity contribution is -0.00000447. The van der Waals surface area contributed by atoms with E-state index >= 15 is 0 Å². The van der Waals surface area contributed by atoms with E-state index in [1.807, 2.05) is 0 Å². The summed E-state index contributed by atoms with van der Waals surface area (Å²) in [5, 5.41) is 0. The number of halogens is 1. The Balaban J connectivity index is 0. The molecule has 20 heavy (non-hydrogen) atoms. The van der Waals surface area contributed by atoms with Crippen LogP contribution in [0.4, 0.5) is 0 Å². The minimum atomic E-state index is -0.586. The lowest BCUT2D eigenvalue weighted by Crippen LogP contribution is -3.00. The van der Waals surface area contributed by atoms with Crippen LogP contribution in [0.5, 0.6) is 0 Å². The van der Waals surface area contributed by atoms with Crippen LogP contribution in [0.3, 0.4) is 0 Å². The molecule has 0 aliphatic carbocycles. The molecule has 0 saturated heterocycles. The summed E-state index contributed by atoms with van der Waals surface area (Å²) in [6.07, 6.45) is 21.0. The van der Waals surface area contributed by atoms with Gasteiger partial charge >= 0.3 is 0 Å². The van der Waals surface area contributed by atoms with Crippen molar-refractivity contribution in [2.24, 2.45) is 0 Å². The largest absolute Gasteiger partial charge is 1.00 e. The summed E-state index contributed by atoms with van der Waals surface area (Å²) in [7, 11) is -0.586. The average molecular weight is 414 g/mol. The molecule has 0 nitrogen and oxygen atoms in total. The van der Waals surface area contributed by atoms with E-state index in [0.29, 0.717) is 0 Å². The third-order valence-electron chi connectivity index (χ3n) is 4.44. The zero-order valence-electron chi connectivity index (χ0n) is 14.7. The number of hydrogen-bond donors (Lipinski definition) is 0. The van der Waals surface area contributed by atoms with E-state index in [0.717, 1.165) is 0 Å². The van der Waals surface area contributed by atoms with Crippen molar-refractivity contribution in [1.82, 2.24) is 0 Å². The van der Waals surface area contributed by atoms with Crippen LogP contribution in [0.2, 0.25) is 0 Å². The van der Waals surface area contributed by atoms with Gasteiger partial charge in [-0.2, -0.15) is 0 Å². The van der Waals surface area contributed by atoms with Crippen molar-refractivity contribution in [3.05, 3.63) is 0 Å². The van der Waals surface area contributed by atoms with E-state index in [-0.39, 0.29) is 24.0 Å². The highest BCUT2D eigenvalue weighted by Gasteiger charge is 2.34. The lowest BCUT2D eigenvalue weighted by atomic mass is 10.2. The molecule has 0 aromatic carbocycles. The van der Waals surface area contributed by atoms with Crippen molar-refractivity contribution in [2.75, 3.05) is 24.6 Å². The van der Waals surface area contributed by atoms with Crippen LogP contribution in [0.1, 0.15) is 91.9 Å². The molecule has 0 atom stereocenters. The van der Waals surface area contributed by atoms with Crippen LogP contribution >= 0.6 is 7.26 Å². The van der Waals surface area contributed by atoms with Gasteiger partial charge in [-0.1, -0.05) is 59.8 Å². The van der Waals surface area contributed by atoms with E-state index in [1.54, 1.807) is 24.6 Å². The first kappa shape index (κ1) is 23.4. The zero-order chi connectivity index (χ0) is 14.4. The van der Waals surface area contributed by atoms with E-state index in [9.17, 15) is 0 Å². The van der Waals surface area contributed by atoms with Gasteiger partial charge in [0, 0.05) is 7.26 Å². The molecule has 0 N–H and O–H groups in total. The minimum Gasteiger partial charge on any atom is -1.00 e. The molecule has 0 fully saturated rings. The van der Waals surface area contributed by atoms with Crippen molar-refractivity contribution in [2.45, 2.75) is 91.9 Å². The second-order valence-corrected chi connectivity index (χ2v) is 10.8. The molecule has 0 aromatic rings. The summed E-state index contributed by atoms with van der Waals surface area (Å²) in [5.41, 5.74) is 0. The molecule has 0 unspecified atom stereocenters. The zero-order valence-corrected chi connectivity index (χ0v) is 17.8. The Labute approximate surface area is 147 Å². The SMILES string of the molecule is CCCCCC[P+](CCCC)(CCCC)CCCC.[I-].